The SMILES string of the molecule is Cc1ccc(-c2noc(C(C)N3CCN(C(=O)CCC4CCCC4)CC3)n2)cc1. The minimum atomic E-state index is 0.0532. The summed E-state index contributed by atoms with van der Waals surface area (Å²) in [5.41, 5.74) is 2.18. The molecular formula is C23H32N4O2. The Labute approximate surface area is 173 Å². The van der Waals surface area contributed by atoms with Gasteiger partial charge in [0.1, 0.15) is 0 Å². The summed E-state index contributed by atoms with van der Waals surface area (Å²) in [6.07, 6.45) is 7.09. The van der Waals surface area contributed by atoms with Gasteiger partial charge in [0.05, 0.1) is 6.04 Å². The predicted octanol–water partition coefficient (Wildman–Crippen LogP) is 4.22. The largest absolute Gasteiger partial charge is 0.340 e. The molecule has 1 atom stereocenters. The van der Waals surface area contributed by atoms with E-state index < -0.39 is 0 Å². The highest BCUT2D eigenvalue weighted by Gasteiger charge is 2.28. The van der Waals surface area contributed by atoms with Crippen LogP contribution >= 0.6 is 0 Å². The number of rotatable bonds is 6. The third-order valence-corrected chi connectivity index (χ3v) is 6.56. The van der Waals surface area contributed by atoms with E-state index in [4.69, 9.17) is 4.52 Å². The fourth-order valence-electron chi connectivity index (χ4n) is 4.52. The van der Waals surface area contributed by atoms with Gasteiger partial charge in [-0.2, -0.15) is 4.98 Å². The Kier molecular flexibility index (Phi) is 6.28. The Morgan fingerprint density at radius 2 is 1.83 bits per heavy atom. The first-order chi connectivity index (χ1) is 14.1. The first-order valence-electron chi connectivity index (χ1n) is 11.0. The van der Waals surface area contributed by atoms with Crippen molar-refractivity contribution in [2.24, 2.45) is 5.92 Å². The van der Waals surface area contributed by atoms with Gasteiger partial charge in [-0.1, -0.05) is 60.7 Å². The molecule has 1 aliphatic carbocycles. The number of aromatic nitrogens is 2. The summed E-state index contributed by atoms with van der Waals surface area (Å²) in [5, 5.41) is 4.16. The van der Waals surface area contributed by atoms with Crippen LogP contribution in [0.3, 0.4) is 0 Å². The van der Waals surface area contributed by atoms with Crippen molar-refractivity contribution >= 4 is 5.91 Å². The summed E-state index contributed by atoms with van der Waals surface area (Å²) in [4.78, 5) is 21.5. The average molecular weight is 397 g/mol. The van der Waals surface area contributed by atoms with E-state index >= 15 is 0 Å². The summed E-state index contributed by atoms with van der Waals surface area (Å²) < 4.78 is 5.55. The zero-order valence-electron chi connectivity index (χ0n) is 17.6. The molecule has 6 nitrogen and oxygen atoms in total. The molecule has 1 aromatic carbocycles. The van der Waals surface area contributed by atoms with Crippen LogP contribution in [0.25, 0.3) is 11.4 Å². The molecule has 6 heteroatoms. The molecule has 0 spiro atoms. The molecule has 1 saturated carbocycles. The quantitative estimate of drug-likeness (QED) is 0.731. The van der Waals surface area contributed by atoms with E-state index in [0.717, 1.165) is 44.1 Å². The van der Waals surface area contributed by atoms with Crippen molar-refractivity contribution in [3.05, 3.63) is 35.7 Å². The van der Waals surface area contributed by atoms with E-state index in [1.165, 1.54) is 31.2 Å². The van der Waals surface area contributed by atoms with Gasteiger partial charge in [-0.15, -0.1) is 0 Å². The minimum Gasteiger partial charge on any atom is -0.340 e. The van der Waals surface area contributed by atoms with Gasteiger partial charge in [0, 0.05) is 38.2 Å². The first-order valence-corrected chi connectivity index (χ1v) is 11.0. The molecule has 1 saturated heterocycles. The third kappa shape index (κ3) is 4.86. The molecule has 2 aromatic rings. The second-order valence-corrected chi connectivity index (χ2v) is 8.60. The van der Waals surface area contributed by atoms with Crippen LogP contribution in [0.2, 0.25) is 0 Å². The smallest absolute Gasteiger partial charge is 0.244 e. The highest BCUT2D eigenvalue weighted by Crippen LogP contribution is 2.29. The van der Waals surface area contributed by atoms with Crippen molar-refractivity contribution in [1.29, 1.82) is 0 Å². The molecule has 0 radical (unpaired) electrons. The van der Waals surface area contributed by atoms with Gasteiger partial charge in [-0.25, -0.2) is 0 Å². The van der Waals surface area contributed by atoms with Gasteiger partial charge < -0.3 is 9.42 Å². The highest BCUT2D eigenvalue weighted by molar-refractivity contribution is 5.76. The maximum absolute atomic E-state index is 12.6. The minimum absolute atomic E-state index is 0.0532. The lowest BCUT2D eigenvalue weighted by Gasteiger charge is -2.37. The van der Waals surface area contributed by atoms with Gasteiger partial charge in [0.15, 0.2) is 0 Å². The lowest BCUT2D eigenvalue weighted by molar-refractivity contribution is -0.133. The maximum Gasteiger partial charge on any atom is 0.244 e. The van der Waals surface area contributed by atoms with Crippen LogP contribution in [0.1, 0.15) is 62.9 Å². The molecule has 2 fully saturated rings. The van der Waals surface area contributed by atoms with Crippen LogP contribution in [-0.4, -0.2) is 52.0 Å². The third-order valence-electron chi connectivity index (χ3n) is 6.56. The van der Waals surface area contributed by atoms with Gasteiger partial charge >= 0.3 is 0 Å². The molecule has 0 bridgehead atoms. The first kappa shape index (κ1) is 20.1. The van der Waals surface area contributed by atoms with Crippen LogP contribution in [0.4, 0.5) is 0 Å². The van der Waals surface area contributed by atoms with Gasteiger partial charge in [-0.3, -0.25) is 9.69 Å². The molecule has 2 heterocycles. The van der Waals surface area contributed by atoms with Gasteiger partial charge in [0.25, 0.3) is 0 Å². The van der Waals surface area contributed by atoms with E-state index in [0.29, 0.717) is 24.0 Å². The lowest BCUT2D eigenvalue weighted by Crippen LogP contribution is -2.49. The summed E-state index contributed by atoms with van der Waals surface area (Å²) in [5.74, 6) is 2.37. The average Bonchev–Trinajstić information content (AvgIpc) is 3.44. The van der Waals surface area contributed by atoms with Crippen molar-refractivity contribution in [2.75, 3.05) is 26.2 Å². The molecule has 0 N–H and O–H groups in total. The summed E-state index contributed by atoms with van der Waals surface area (Å²) >= 11 is 0. The Morgan fingerprint density at radius 1 is 1.14 bits per heavy atom. The van der Waals surface area contributed by atoms with Crippen LogP contribution in [0, 0.1) is 12.8 Å². The Morgan fingerprint density at radius 3 is 2.52 bits per heavy atom. The van der Waals surface area contributed by atoms with E-state index in [-0.39, 0.29) is 6.04 Å². The molecule has 4 rings (SSSR count). The van der Waals surface area contributed by atoms with Crippen molar-refractivity contribution in [2.45, 2.75) is 58.4 Å². The number of aryl methyl sites for hydroxylation is 1. The molecule has 2 aliphatic rings. The second kappa shape index (κ2) is 9.08. The number of amides is 1. The molecule has 29 heavy (non-hydrogen) atoms. The zero-order valence-corrected chi connectivity index (χ0v) is 17.6. The number of carbonyl (C=O) groups excluding carboxylic acids is 1. The number of hydrogen-bond acceptors (Lipinski definition) is 5. The van der Waals surface area contributed by atoms with E-state index in [9.17, 15) is 4.79 Å². The monoisotopic (exact) mass is 396 g/mol. The number of piperazine rings is 1. The summed E-state index contributed by atoms with van der Waals surface area (Å²) in [7, 11) is 0. The Hall–Kier alpha value is -2.21. The molecule has 1 amide bonds. The summed E-state index contributed by atoms with van der Waals surface area (Å²) in [6.45, 7) is 7.42. The highest BCUT2D eigenvalue weighted by atomic mass is 16.5. The Balaban J connectivity index is 1.28. The fourth-order valence-corrected chi connectivity index (χ4v) is 4.52. The number of nitrogens with zero attached hydrogens (tertiary/aromatic N) is 4. The normalized spacial score (nSPS) is 19.6. The van der Waals surface area contributed by atoms with Crippen LogP contribution in [-0.2, 0) is 4.79 Å². The number of carbonyl (C=O) groups is 1. The van der Waals surface area contributed by atoms with E-state index in [1.54, 1.807) is 0 Å². The van der Waals surface area contributed by atoms with Crippen LogP contribution < -0.4 is 0 Å². The van der Waals surface area contributed by atoms with E-state index in [2.05, 4.69) is 41.0 Å². The molecular weight excluding hydrogens is 364 g/mol. The molecule has 1 aromatic heterocycles. The van der Waals surface area contributed by atoms with Crippen LogP contribution in [0.5, 0.6) is 0 Å². The zero-order chi connectivity index (χ0) is 20.2. The number of benzene rings is 1. The maximum atomic E-state index is 12.6. The molecule has 1 unspecified atom stereocenters. The van der Waals surface area contributed by atoms with Crippen molar-refractivity contribution < 1.29 is 9.32 Å². The van der Waals surface area contributed by atoms with Gasteiger partial charge in [-0.05, 0) is 26.2 Å². The summed E-state index contributed by atoms with van der Waals surface area (Å²) in [6, 6.07) is 8.20. The van der Waals surface area contributed by atoms with Crippen molar-refractivity contribution in [3.8, 4) is 11.4 Å². The van der Waals surface area contributed by atoms with Crippen molar-refractivity contribution in [1.82, 2.24) is 19.9 Å². The number of hydrogen-bond donors (Lipinski definition) is 0. The lowest BCUT2D eigenvalue weighted by atomic mass is 10.0. The predicted molar refractivity (Wildman–Crippen MR) is 112 cm³/mol. The van der Waals surface area contributed by atoms with Gasteiger partial charge in [0.2, 0.25) is 17.6 Å². The fraction of sp³-hybridized carbons (Fsp3) is 0.609. The molecule has 1 aliphatic heterocycles. The Bertz CT molecular complexity index is 803. The van der Waals surface area contributed by atoms with E-state index in [1.807, 2.05) is 17.0 Å². The molecule has 156 valence electrons. The standard InChI is InChI=1S/C23H32N4O2/c1-17-7-10-20(11-8-17)22-24-23(29-25-22)18(2)26-13-15-27(16-14-26)21(28)12-9-19-5-3-4-6-19/h7-8,10-11,18-19H,3-6,9,12-16H2,1-2H3. The topological polar surface area (TPSA) is 62.5 Å². The van der Waals surface area contributed by atoms with Crippen molar-refractivity contribution in [3.63, 3.8) is 0 Å². The second-order valence-electron chi connectivity index (χ2n) is 8.60. The van der Waals surface area contributed by atoms with Crippen LogP contribution in [0.15, 0.2) is 28.8 Å².